The van der Waals surface area contributed by atoms with Gasteiger partial charge >= 0.3 is 0 Å². The number of benzene rings is 1. The maximum absolute atomic E-state index is 13.4. The molecule has 0 atom stereocenters. The van der Waals surface area contributed by atoms with E-state index in [0.29, 0.717) is 22.6 Å². The van der Waals surface area contributed by atoms with Gasteiger partial charge in [-0.15, -0.1) is 0 Å². The molecule has 1 N–H and O–H groups in total. The summed E-state index contributed by atoms with van der Waals surface area (Å²) in [5.41, 5.74) is 0.538. The highest BCUT2D eigenvalue weighted by Crippen LogP contribution is 2.18. The first-order valence-electron chi connectivity index (χ1n) is 8.39. The van der Waals surface area contributed by atoms with Gasteiger partial charge in [0.25, 0.3) is 0 Å². The van der Waals surface area contributed by atoms with Crippen molar-refractivity contribution in [2.75, 3.05) is 11.9 Å². The first kappa shape index (κ1) is 21.8. The summed E-state index contributed by atoms with van der Waals surface area (Å²) in [5, 5.41) is 7.03. The van der Waals surface area contributed by atoms with E-state index in [2.05, 4.69) is 46.0 Å². The van der Waals surface area contributed by atoms with Crippen LogP contribution in [-0.2, 0) is 16.3 Å². The number of carbonyl (C=O) groups is 1. The van der Waals surface area contributed by atoms with Crippen LogP contribution in [0.4, 0.5) is 10.2 Å². The van der Waals surface area contributed by atoms with E-state index in [4.69, 9.17) is 16.3 Å². The van der Waals surface area contributed by atoms with Gasteiger partial charge in [-0.2, -0.15) is 5.10 Å². The molecule has 0 radical (unpaired) electrons. The molecule has 1 aromatic heterocycles. The van der Waals surface area contributed by atoms with Crippen LogP contribution in [0.15, 0.2) is 34.9 Å². The standard InChI is InChI=1S/C18H22BrClFN3O2Si/c1-27(2,3)9-8-26-12-24-17(11-16(19)23-24)22-18(25)7-5-13-4-6-14(20)15(21)10-13/h4-7,10-11H,8-9,12H2,1-3H3,(H,22,25). The van der Waals surface area contributed by atoms with E-state index in [1.165, 1.54) is 24.3 Å². The molecule has 0 unspecified atom stereocenters. The van der Waals surface area contributed by atoms with Crippen LogP contribution in [0.3, 0.4) is 0 Å². The molecule has 0 aliphatic carbocycles. The van der Waals surface area contributed by atoms with Crippen LogP contribution in [0.2, 0.25) is 30.7 Å². The van der Waals surface area contributed by atoms with Gasteiger partial charge in [-0.25, -0.2) is 9.07 Å². The molecule has 0 saturated carbocycles. The third-order valence-electron chi connectivity index (χ3n) is 3.58. The number of rotatable bonds is 8. The van der Waals surface area contributed by atoms with Crippen LogP contribution < -0.4 is 5.32 Å². The van der Waals surface area contributed by atoms with Gasteiger partial charge in [-0.05, 0) is 45.7 Å². The molecule has 2 rings (SSSR count). The first-order chi connectivity index (χ1) is 12.6. The Balaban J connectivity index is 1.94. The van der Waals surface area contributed by atoms with Gasteiger partial charge in [-0.1, -0.05) is 37.3 Å². The number of nitrogens with one attached hydrogen (secondary N) is 1. The van der Waals surface area contributed by atoms with Crippen molar-refractivity contribution >= 4 is 53.4 Å². The number of nitrogens with zero attached hydrogens (tertiary/aromatic N) is 2. The van der Waals surface area contributed by atoms with Crippen molar-refractivity contribution in [3.8, 4) is 0 Å². The summed E-state index contributed by atoms with van der Waals surface area (Å²) in [6.45, 7) is 7.75. The number of carbonyl (C=O) groups excluding carboxylic acids is 1. The largest absolute Gasteiger partial charge is 0.359 e. The smallest absolute Gasteiger partial charge is 0.249 e. The molecule has 1 aromatic carbocycles. The van der Waals surface area contributed by atoms with Crippen LogP contribution in [0.25, 0.3) is 6.08 Å². The topological polar surface area (TPSA) is 56.1 Å². The first-order valence-corrected chi connectivity index (χ1v) is 13.3. The second kappa shape index (κ2) is 9.63. The van der Waals surface area contributed by atoms with Crippen molar-refractivity contribution in [1.82, 2.24) is 9.78 Å². The van der Waals surface area contributed by atoms with Crippen molar-refractivity contribution in [3.63, 3.8) is 0 Å². The lowest BCUT2D eigenvalue weighted by atomic mass is 10.2. The Morgan fingerprint density at radius 1 is 1.41 bits per heavy atom. The van der Waals surface area contributed by atoms with Crippen LogP contribution in [-0.4, -0.2) is 30.4 Å². The van der Waals surface area contributed by atoms with Gasteiger partial charge in [0, 0.05) is 26.8 Å². The lowest BCUT2D eigenvalue weighted by Gasteiger charge is -2.15. The number of hydrogen-bond donors (Lipinski definition) is 1. The Kier molecular flexibility index (Phi) is 7.78. The third-order valence-corrected chi connectivity index (χ3v) is 5.98. The molecular formula is C18H22BrClFN3O2Si. The van der Waals surface area contributed by atoms with Gasteiger partial charge in [0.2, 0.25) is 5.91 Å². The second-order valence-electron chi connectivity index (χ2n) is 7.20. The van der Waals surface area contributed by atoms with Gasteiger partial charge in [0.05, 0.1) is 5.02 Å². The molecule has 27 heavy (non-hydrogen) atoms. The summed E-state index contributed by atoms with van der Waals surface area (Å²) in [7, 11) is -1.16. The molecule has 0 aliphatic heterocycles. The molecule has 0 bridgehead atoms. The summed E-state index contributed by atoms with van der Waals surface area (Å²) in [6, 6.07) is 7.08. The van der Waals surface area contributed by atoms with E-state index in [-0.39, 0.29) is 17.7 Å². The van der Waals surface area contributed by atoms with Crippen molar-refractivity contribution in [3.05, 3.63) is 51.3 Å². The highest BCUT2D eigenvalue weighted by molar-refractivity contribution is 9.10. The second-order valence-corrected chi connectivity index (χ2v) is 14.0. The predicted molar refractivity (Wildman–Crippen MR) is 113 cm³/mol. The lowest BCUT2D eigenvalue weighted by Crippen LogP contribution is -2.22. The van der Waals surface area contributed by atoms with E-state index >= 15 is 0 Å². The van der Waals surface area contributed by atoms with Gasteiger partial charge in [0.15, 0.2) is 0 Å². The zero-order chi connectivity index (χ0) is 20.0. The average molecular weight is 475 g/mol. The summed E-state index contributed by atoms with van der Waals surface area (Å²) < 4.78 is 21.3. The zero-order valence-electron chi connectivity index (χ0n) is 15.4. The molecule has 0 saturated heterocycles. The van der Waals surface area contributed by atoms with E-state index in [9.17, 15) is 9.18 Å². The van der Waals surface area contributed by atoms with Crippen molar-refractivity contribution in [2.45, 2.75) is 32.4 Å². The molecular weight excluding hydrogens is 453 g/mol. The predicted octanol–water partition coefficient (Wildman–Crippen LogP) is 5.40. The average Bonchev–Trinajstić information content (AvgIpc) is 2.91. The summed E-state index contributed by atoms with van der Waals surface area (Å²) >= 11 is 8.95. The molecule has 5 nitrogen and oxygen atoms in total. The quantitative estimate of drug-likeness (QED) is 0.316. The fourth-order valence-electron chi connectivity index (χ4n) is 2.07. The molecule has 1 heterocycles. The van der Waals surface area contributed by atoms with Crippen LogP contribution in [0.5, 0.6) is 0 Å². The summed E-state index contributed by atoms with van der Waals surface area (Å²) in [6.07, 6.45) is 2.83. The monoisotopic (exact) mass is 473 g/mol. The van der Waals surface area contributed by atoms with Gasteiger partial charge < -0.3 is 10.1 Å². The minimum atomic E-state index is -1.16. The molecule has 146 valence electrons. The molecule has 0 spiro atoms. The fraction of sp³-hybridized carbons (Fsp3) is 0.333. The van der Waals surface area contributed by atoms with Crippen LogP contribution in [0, 0.1) is 5.82 Å². The SMILES string of the molecule is C[Si](C)(C)CCOCn1nc(Br)cc1NC(=O)C=Cc1ccc(Cl)c(F)c1. The highest BCUT2D eigenvalue weighted by Gasteiger charge is 2.13. The van der Waals surface area contributed by atoms with E-state index in [1.807, 2.05) is 0 Å². The molecule has 0 aliphatic rings. The maximum atomic E-state index is 13.4. The molecule has 2 aromatic rings. The molecule has 9 heteroatoms. The number of hydrogen-bond acceptors (Lipinski definition) is 3. The minimum absolute atomic E-state index is 0.0412. The molecule has 0 fully saturated rings. The van der Waals surface area contributed by atoms with E-state index in [1.54, 1.807) is 16.8 Å². The Labute approximate surface area is 172 Å². The normalized spacial score (nSPS) is 11.9. The highest BCUT2D eigenvalue weighted by atomic mass is 79.9. The number of halogens is 3. The number of ether oxygens (including phenoxy) is 1. The summed E-state index contributed by atoms with van der Waals surface area (Å²) in [4.78, 5) is 12.2. The Hall–Kier alpha value is -1.48. The van der Waals surface area contributed by atoms with Crippen molar-refractivity contribution < 1.29 is 13.9 Å². The Bertz CT molecular complexity index is 836. The summed E-state index contributed by atoms with van der Waals surface area (Å²) in [5.74, 6) is -0.385. The molecule has 1 amide bonds. The zero-order valence-corrected chi connectivity index (χ0v) is 18.8. The maximum Gasteiger partial charge on any atom is 0.249 e. The number of amides is 1. The van der Waals surface area contributed by atoms with Crippen molar-refractivity contribution in [1.29, 1.82) is 0 Å². The van der Waals surface area contributed by atoms with Gasteiger partial charge in [0.1, 0.15) is 23.0 Å². The Morgan fingerprint density at radius 3 is 2.81 bits per heavy atom. The minimum Gasteiger partial charge on any atom is -0.359 e. The number of aromatic nitrogens is 2. The lowest BCUT2D eigenvalue weighted by molar-refractivity contribution is -0.111. The Morgan fingerprint density at radius 2 is 2.15 bits per heavy atom. The van der Waals surface area contributed by atoms with E-state index in [0.717, 1.165) is 6.04 Å². The number of anilines is 1. The van der Waals surface area contributed by atoms with Crippen LogP contribution in [0.1, 0.15) is 5.56 Å². The van der Waals surface area contributed by atoms with Crippen molar-refractivity contribution in [2.24, 2.45) is 0 Å². The fourth-order valence-corrected chi connectivity index (χ4v) is 3.35. The van der Waals surface area contributed by atoms with Crippen LogP contribution >= 0.6 is 27.5 Å². The van der Waals surface area contributed by atoms with E-state index < -0.39 is 13.9 Å². The van der Waals surface area contributed by atoms with Gasteiger partial charge in [-0.3, -0.25) is 4.79 Å². The third kappa shape index (κ3) is 7.57.